The van der Waals surface area contributed by atoms with Gasteiger partial charge in [-0.25, -0.2) is 8.42 Å². The maximum absolute atomic E-state index is 12.4. The summed E-state index contributed by atoms with van der Waals surface area (Å²) in [5, 5.41) is 14.5. The Hall–Kier alpha value is -3.01. The molecule has 0 aliphatic carbocycles. The van der Waals surface area contributed by atoms with E-state index < -0.39 is 10.0 Å². The summed E-state index contributed by atoms with van der Waals surface area (Å²) in [5.41, 5.74) is 1.14. The van der Waals surface area contributed by atoms with Crippen LogP contribution in [0.2, 0.25) is 0 Å². The summed E-state index contributed by atoms with van der Waals surface area (Å²) >= 11 is 0. The lowest BCUT2D eigenvalue weighted by Gasteiger charge is -2.07. The number of aromatic nitrogens is 4. The molecule has 10 heteroatoms. The third kappa shape index (κ3) is 3.91. The van der Waals surface area contributed by atoms with Crippen LogP contribution in [0.3, 0.4) is 0 Å². The largest absolute Gasteiger partial charge is 0.363 e. The fourth-order valence-electron chi connectivity index (χ4n) is 2.21. The van der Waals surface area contributed by atoms with E-state index in [1.807, 2.05) is 18.2 Å². The molecule has 3 aromatic rings. The molecular weight excluding hydrogens is 344 g/mol. The van der Waals surface area contributed by atoms with E-state index in [0.717, 1.165) is 5.69 Å². The van der Waals surface area contributed by atoms with Crippen molar-refractivity contribution in [3.63, 3.8) is 0 Å². The maximum atomic E-state index is 12.4. The molecule has 3 aromatic heterocycles. The second-order valence-corrected chi connectivity index (χ2v) is 6.86. The summed E-state index contributed by atoms with van der Waals surface area (Å²) < 4.78 is 32.0. The molecule has 0 spiro atoms. The Bertz CT molecular complexity index is 935. The van der Waals surface area contributed by atoms with Crippen molar-refractivity contribution in [1.29, 1.82) is 0 Å². The molecule has 0 saturated heterocycles. The van der Waals surface area contributed by atoms with E-state index in [-0.39, 0.29) is 22.2 Å². The Labute approximate surface area is 144 Å². The topological polar surface area (TPSA) is 123 Å². The quantitative estimate of drug-likeness (QED) is 0.683. The van der Waals surface area contributed by atoms with Gasteiger partial charge >= 0.3 is 0 Å². The molecule has 0 radical (unpaired) electrons. The van der Waals surface area contributed by atoms with Gasteiger partial charge in [0.15, 0.2) is 16.5 Å². The predicted molar refractivity (Wildman–Crippen MR) is 90.4 cm³/mol. The first-order valence-corrected chi connectivity index (χ1v) is 8.87. The zero-order valence-electron chi connectivity index (χ0n) is 13.6. The number of hydrogen-bond donors (Lipinski definition) is 2. The lowest BCUT2D eigenvalue weighted by Crippen LogP contribution is -2.16. The van der Waals surface area contributed by atoms with Crippen LogP contribution in [0.5, 0.6) is 0 Å². The molecule has 0 aliphatic rings. The predicted octanol–water partition coefficient (Wildman–Crippen LogP) is 1.89. The Morgan fingerprint density at radius 2 is 1.84 bits per heavy atom. The van der Waals surface area contributed by atoms with Crippen molar-refractivity contribution >= 4 is 21.7 Å². The highest BCUT2D eigenvalue weighted by atomic mass is 32.2. The average Bonchev–Trinajstić information content (AvgIpc) is 2.94. The molecule has 0 fully saturated rings. The Balaban J connectivity index is 1.68. The summed E-state index contributed by atoms with van der Waals surface area (Å²) in [6.07, 6.45) is 1.70. The van der Waals surface area contributed by atoms with Crippen LogP contribution in [-0.2, 0) is 16.6 Å². The summed E-state index contributed by atoms with van der Waals surface area (Å²) in [5.74, 6) is 0.820. The van der Waals surface area contributed by atoms with Gasteiger partial charge in [-0.3, -0.25) is 9.71 Å². The maximum Gasteiger partial charge on any atom is 0.268 e. The third-order valence-electron chi connectivity index (χ3n) is 3.32. The molecule has 0 unspecified atom stereocenters. The summed E-state index contributed by atoms with van der Waals surface area (Å²) in [7, 11) is -3.84. The van der Waals surface area contributed by atoms with Crippen LogP contribution >= 0.6 is 0 Å². The number of anilines is 2. The van der Waals surface area contributed by atoms with Gasteiger partial charge in [-0.2, -0.15) is 0 Å². The van der Waals surface area contributed by atoms with Gasteiger partial charge in [0, 0.05) is 6.20 Å². The van der Waals surface area contributed by atoms with Gasteiger partial charge in [-0.05, 0) is 38.1 Å². The molecule has 3 rings (SSSR count). The van der Waals surface area contributed by atoms with Gasteiger partial charge in [0.1, 0.15) is 11.5 Å². The van der Waals surface area contributed by atoms with Gasteiger partial charge < -0.3 is 9.84 Å². The van der Waals surface area contributed by atoms with Gasteiger partial charge in [0.2, 0.25) is 0 Å². The molecule has 2 N–H and O–H groups in total. The molecular formula is C15H16N6O3S. The number of sulfonamides is 1. The fraction of sp³-hybridized carbons (Fsp3) is 0.200. The number of rotatable bonds is 6. The number of nitrogens with zero attached hydrogens (tertiary/aromatic N) is 4. The SMILES string of the molecule is Cc1noc(C)c1S(=O)(=O)Nc1ccc(NCc2ccccn2)nn1. The van der Waals surface area contributed by atoms with Gasteiger partial charge in [0.05, 0.1) is 12.2 Å². The molecule has 0 saturated carbocycles. The van der Waals surface area contributed by atoms with Crippen molar-refractivity contribution in [1.82, 2.24) is 20.3 Å². The minimum Gasteiger partial charge on any atom is -0.363 e. The van der Waals surface area contributed by atoms with Crippen LogP contribution in [-0.4, -0.2) is 28.8 Å². The van der Waals surface area contributed by atoms with Crippen LogP contribution in [0.15, 0.2) is 45.9 Å². The van der Waals surface area contributed by atoms with Crippen molar-refractivity contribution in [2.45, 2.75) is 25.3 Å². The number of nitrogens with one attached hydrogen (secondary N) is 2. The summed E-state index contributed by atoms with van der Waals surface area (Å²) in [6, 6.07) is 8.75. The first-order chi connectivity index (χ1) is 12.0. The van der Waals surface area contributed by atoms with Crippen molar-refractivity contribution in [3.8, 4) is 0 Å². The molecule has 3 heterocycles. The molecule has 0 amide bonds. The Morgan fingerprint density at radius 1 is 1.08 bits per heavy atom. The van der Waals surface area contributed by atoms with Gasteiger partial charge in [0.25, 0.3) is 10.0 Å². The first-order valence-electron chi connectivity index (χ1n) is 7.39. The molecule has 0 aliphatic heterocycles. The normalized spacial score (nSPS) is 11.3. The van der Waals surface area contributed by atoms with Gasteiger partial charge in [-0.15, -0.1) is 10.2 Å². The number of aryl methyl sites for hydroxylation is 2. The van der Waals surface area contributed by atoms with Crippen LogP contribution in [0.4, 0.5) is 11.6 Å². The number of pyridine rings is 1. The lowest BCUT2D eigenvalue weighted by atomic mass is 10.3. The van der Waals surface area contributed by atoms with Crippen LogP contribution in [0.25, 0.3) is 0 Å². The highest BCUT2D eigenvalue weighted by Crippen LogP contribution is 2.21. The van der Waals surface area contributed by atoms with Crippen molar-refractivity contribution in [2.24, 2.45) is 0 Å². The van der Waals surface area contributed by atoms with Crippen molar-refractivity contribution in [3.05, 3.63) is 53.7 Å². The van der Waals surface area contributed by atoms with Crippen LogP contribution < -0.4 is 10.0 Å². The summed E-state index contributed by atoms with van der Waals surface area (Å²) in [4.78, 5) is 4.19. The second kappa shape index (κ2) is 6.85. The van der Waals surface area contributed by atoms with Gasteiger partial charge in [-0.1, -0.05) is 11.2 Å². The third-order valence-corrected chi connectivity index (χ3v) is 4.92. The fourth-order valence-corrected chi connectivity index (χ4v) is 3.54. The Morgan fingerprint density at radius 3 is 2.44 bits per heavy atom. The molecule has 0 atom stereocenters. The van der Waals surface area contributed by atoms with E-state index in [1.54, 1.807) is 19.2 Å². The summed E-state index contributed by atoms with van der Waals surface area (Å²) in [6.45, 7) is 3.58. The van der Waals surface area contributed by atoms with E-state index >= 15 is 0 Å². The zero-order valence-corrected chi connectivity index (χ0v) is 14.4. The Kier molecular flexibility index (Phi) is 4.61. The highest BCUT2D eigenvalue weighted by Gasteiger charge is 2.24. The lowest BCUT2D eigenvalue weighted by molar-refractivity contribution is 0.390. The van der Waals surface area contributed by atoms with Crippen LogP contribution in [0.1, 0.15) is 17.1 Å². The molecule has 0 bridgehead atoms. The smallest absolute Gasteiger partial charge is 0.268 e. The number of hydrogen-bond acceptors (Lipinski definition) is 8. The zero-order chi connectivity index (χ0) is 17.9. The van der Waals surface area contributed by atoms with E-state index in [9.17, 15) is 8.42 Å². The van der Waals surface area contributed by atoms with E-state index in [0.29, 0.717) is 12.4 Å². The van der Waals surface area contributed by atoms with Crippen molar-refractivity contribution < 1.29 is 12.9 Å². The first kappa shape index (κ1) is 16.8. The molecule has 9 nitrogen and oxygen atoms in total. The van der Waals surface area contributed by atoms with Crippen LogP contribution in [0, 0.1) is 13.8 Å². The minimum atomic E-state index is -3.84. The van der Waals surface area contributed by atoms with E-state index in [4.69, 9.17) is 4.52 Å². The monoisotopic (exact) mass is 360 g/mol. The van der Waals surface area contributed by atoms with E-state index in [1.165, 1.54) is 13.0 Å². The van der Waals surface area contributed by atoms with Crippen molar-refractivity contribution in [2.75, 3.05) is 10.0 Å². The standard InChI is InChI=1S/C15H16N6O3S/c1-10-15(11(2)24-20-10)25(22,23)21-14-7-6-13(18-19-14)17-9-12-5-3-4-8-16-12/h3-8H,9H2,1-2H3,(H,17,18)(H,19,21). The second-order valence-electron chi connectivity index (χ2n) is 5.24. The minimum absolute atomic E-state index is 0.00616. The highest BCUT2D eigenvalue weighted by molar-refractivity contribution is 7.92. The molecule has 130 valence electrons. The molecule has 0 aromatic carbocycles. The van der Waals surface area contributed by atoms with E-state index in [2.05, 4.69) is 30.4 Å². The average molecular weight is 360 g/mol. The molecule has 25 heavy (non-hydrogen) atoms.